The first kappa shape index (κ1) is 13.4. The predicted octanol–water partition coefficient (Wildman–Crippen LogP) is 2.65. The van der Waals surface area contributed by atoms with Crippen molar-refractivity contribution in [1.29, 1.82) is 0 Å². The molecule has 18 heavy (non-hydrogen) atoms. The first-order valence-electron chi connectivity index (χ1n) is 6.42. The maximum Gasteiger partial charge on any atom is 0.126 e. The summed E-state index contributed by atoms with van der Waals surface area (Å²) in [5, 5.41) is 0. The van der Waals surface area contributed by atoms with Crippen LogP contribution in [0.3, 0.4) is 0 Å². The molecule has 1 heterocycles. The summed E-state index contributed by atoms with van der Waals surface area (Å²) in [6, 6.07) is 3.46. The van der Waals surface area contributed by atoms with Gasteiger partial charge in [-0.25, -0.2) is 8.78 Å². The molecule has 0 aliphatic carbocycles. The SMILES string of the molecule is CCC1OCCC1C(N)Cc1cc(F)cc(F)c1. The van der Waals surface area contributed by atoms with Gasteiger partial charge in [-0.1, -0.05) is 6.92 Å². The van der Waals surface area contributed by atoms with Crippen LogP contribution in [0, 0.1) is 17.6 Å². The first-order valence-corrected chi connectivity index (χ1v) is 6.42. The van der Waals surface area contributed by atoms with Gasteiger partial charge < -0.3 is 10.5 Å². The molecule has 2 nitrogen and oxygen atoms in total. The molecule has 0 amide bonds. The van der Waals surface area contributed by atoms with Crippen LogP contribution >= 0.6 is 0 Å². The van der Waals surface area contributed by atoms with Crippen molar-refractivity contribution in [2.24, 2.45) is 11.7 Å². The molecule has 0 radical (unpaired) electrons. The molecule has 0 aromatic heterocycles. The van der Waals surface area contributed by atoms with Gasteiger partial charge in [0.1, 0.15) is 11.6 Å². The highest BCUT2D eigenvalue weighted by Crippen LogP contribution is 2.27. The lowest BCUT2D eigenvalue weighted by molar-refractivity contribution is 0.0814. The molecule has 1 aliphatic rings. The molecule has 100 valence electrons. The standard InChI is InChI=1S/C14H19F2NO/c1-2-14-12(3-4-18-14)13(17)7-9-5-10(15)8-11(16)6-9/h5-6,8,12-14H,2-4,7,17H2,1H3. The zero-order chi connectivity index (χ0) is 13.1. The Bertz CT molecular complexity index is 391. The number of benzene rings is 1. The van der Waals surface area contributed by atoms with Crippen LogP contribution in [-0.2, 0) is 11.2 Å². The van der Waals surface area contributed by atoms with E-state index < -0.39 is 11.6 Å². The molecule has 1 saturated heterocycles. The zero-order valence-electron chi connectivity index (χ0n) is 10.5. The number of hydrogen-bond donors (Lipinski definition) is 1. The summed E-state index contributed by atoms with van der Waals surface area (Å²) >= 11 is 0. The molecular weight excluding hydrogens is 236 g/mol. The molecule has 1 aliphatic heterocycles. The van der Waals surface area contributed by atoms with E-state index in [1.807, 2.05) is 0 Å². The third-order valence-electron chi connectivity index (χ3n) is 3.61. The van der Waals surface area contributed by atoms with Crippen LogP contribution < -0.4 is 5.73 Å². The monoisotopic (exact) mass is 255 g/mol. The van der Waals surface area contributed by atoms with Crippen LogP contribution in [0.1, 0.15) is 25.3 Å². The van der Waals surface area contributed by atoms with E-state index in [4.69, 9.17) is 10.5 Å². The maximum absolute atomic E-state index is 13.1. The molecule has 3 unspecified atom stereocenters. The molecule has 2 rings (SSSR count). The Labute approximate surface area is 106 Å². The second-order valence-corrected chi connectivity index (χ2v) is 4.92. The normalized spacial score (nSPS) is 25.3. The fraction of sp³-hybridized carbons (Fsp3) is 0.571. The molecule has 0 spiro atoms. The van der Waals surface area contributed by atoms with Crippen LogP contribution in [0.2, 0.25) is 0 Å². The fourth-order valence-corrected chi connectivity index (χ4v) is 2.73. The summed E-state index contributed by atoms with van der Waals surface area (Å²) in [6.07, 6.45) is 2.52. The Balaban J connectivity index is 2.04. The van der Waals surface area contributed by atoms with Crippen molar-refractivity contribution in [3.8, 4) is 0 Å². The molecule has 3 atom stereocenters. The molecule has 1 fully saturated rings. The Morgan fingerprint density at radius 2 is 2.00 bits per heavy atom. The third kappa shape index (κ3) is 3.06. The van der Waals surface area contributed by atoms with Gasteiger partial charge in [0, 0.05) is 24.6 Å². The molecule has 0 saturated carbocycles. The molecule has 4 heteroatoms. The number of hydrogen-bond acceptors (Lipinski definition) is 2. The Morgan fingerprint density at radius 3 is 2.61 bits per heavy atom. The van der Waals surface area contributed by atoms with Gasteiger partial charge in [-0.05, 0) is 37.0 Å². The van der Waals surface area contributed by atoms with Gasteiger partial charge in [0.2, 0.25) is 0 Å². The van der Waals surface area contributed by atoms with Gasteiger partial charge in [-0.3, -0.25) is 0 Å². The van der Waals surface area contributed by atoms with Gasteiger partial charge in [0.05, 0.1) is 6.10 Å². The van der Waals surface area contributed by atoms with Gasteiger partial charge in [0.25, 0.3) is 0 Å². The minimum atomic E-state index is -0.549. The van der Waals surface area contributed by atoms with E-state index >= 15 is 0 Å². The van der Waals surface area contributed by atoms with E-state index in [1.54, 1.807) is 0 Å². The van der Waals surface area contributed by atoms with Gasteiger partial charge in [-0.15, -0.1) is 0 Å². The van der Waals surface area contributed by atoms with Crippen molar-refractivity contribution in [1.82, 2.24) is 0 Å². The van der Waals surface area contributed by atoms with Gasteiger partial charge in [-0.2, -0.15) is 0 Å². The third-order valence-corrected chi connectivity index (χ3v) is 3.61. The van der Waals surface area contributed by atoms with Gasteiger partial charge >= 0.3 is 0 Å². The summed E-state index contributed by atoms with van der Waals surface area (Å²) in [5.41, 5.74) is 6.76. The molecule has 0 bridgehead atoms. The Hall–Kier alpha value is -1.00. The van der Waals surface area contributed by atoms with E-state index in [2.05, 4.69) is 6.92 Å². The van der Waals surface area contributed by atoms with Crippen LogP contribution in [0.5, 0.6) is 0 Å². The largest absolute Gasteiger partial charge is 0.378 e. The molecule has 2 N–H and O–H groups in total. The van der Waals surface area contributed by atoms with Crippen LogP contribution in [0.4, 0.5) is 8.78 Å². The summed E-state index contributed by atoms with van der Waals surface area (Å²) in [6.45, 7) is 2.80. The van der Waals surface area contributed by atoms with Crippen molar-refractivity contribution < 1.29 is 13.5 Å². The number of nitrogens with two attached hydrogens (primary N) is 1. The maximum atomic E-state index is 13.1. The van der Waals surface area contributed by atoms with Crippen LogP contribution in [-0.4, -0.2) is 18.8 Å². The average Bonchev–Trinajstić information content (AvgIpc) is 2.75. The highest BCUT2D eigenvalue weighted by Gasteiger charge is 2.31. The highest BCUT2D eigenvalue weighted by atomic mass is 19.1. The van der Waals surface area contributed by atoms with E-state index in [0.717, 1.165) is 25.5 Å². The Morgan fingerprint density at radius 1 is 1.33 bits per heavy atom. The average molecular weight is 255 g/mol. The van der Waals surface area contributed by atoms with Crippen LogP contribution in [0.15, 0.2) is 18.2 Å². The molecular formula is C14H19F2NO. The molecule has 1 aromatic carbocycles. The quantitative estimate of drug-likeness (QED) is 0.897. The van der Waals surface area contributed by atoms with E-state index in [1.165, 1.54) is 12.1 Å². The Kier molecular flexibility index (Phi) is 4.30. The minimum absolute atomic E-state index is 0.112. The highest BCUT2D eigenvalue weighted by molar-refractivity contribution is 5.19. The number of rotatable bonds is 4. The van der Waals surface area contributed by atoms with Gasteiger partial charge in [0.15, 0.2) is 0 Å². The minimum Gasteiger partial charge on any atom is -0.378 e. The smallest absolute Gasteiger partial charge is 0.126 e. The van der Waals surface area contributed by atoms with Crippen molar-refractivity contribution in [3.05, 3.63) is 35.4 Å². The fourth-order valence-electron chi connectivity index (χ4n) is 2.73. The molecule has 1 aromatic rings. The summed E-state index contributed by atoms with van der Waals surface area (Å²) in [7, 11) is 0. The topological polar surface area (TPSA) is 35.2 Å². The second-order valence-electron chi connectivity index (χ2n) is 4.92. The summed E-state index contributed by atoms with van der Waals surface area (Å²) in [5.74, 6) is -0.819. The lowest BCUT2D eigenvalue weighted by Gasteiger charge is -2.23. The van der Waals surface area contributed by atoms with E-state index in [-0.39, 0.29) is 18.1 Å². The number of ether oxygens (including phenoxy) is 1. The summed E-state index contributed by atoms with van der Waals surface area (Å²) < 4.78 is 31.8. The van der Waals surface area contributed by atoms with Crippen molar-refractivity contribution in [2.45, 2.75) is 38.3 Å². The zero-order valence-corrected chi connectivity index (χ0v) is 10.5. The van der Waals surface area contributed by atoms with Crippen molar-refractivity contribution >= 4 is 0 Å². The van der Waals surface area contributed by atoms with Crippen molar-refractivity contribution in [3.63, 3.8) is 0 Å². The second kappa shape index (κ2) is 5.76. The lowest BCUT2D eigenvalue weighted by Crippen LogP contribution is -2.37. The summed E-state index contributed by atoms with van der Waals surface area (Å²) in [4.78, 5) is 0. The van der Waals surface area contributed by atoms with Crippen molar-refractivity contribution in [2.75, 3.05) is 6.61 Å². The van der Waals surface area contributed by atoms with E-state index in [0.29, 0.717) is 12.0 Å². The first-order chi connectivity index (χ1) is 8.60. The van der Waals surface area contributed by atoms with E-state index in [9.17, 15) is 8.78 Å². The number of halogens is 2. The van der Waals surface area contributed by atoms with Crippen LogP contribution in [0.25, 0.3) is 0 Å². The lowest BCUT2D eigenvalue weighted by atomic mass is 9.88. The predicted molar refractivity (Wildman–Crippen MR) is 66.2 cm³/mol.